The number of nitrogens with zero attached hydrogens (tertiary/aromatic N) is 1. The summed E-state index contributed by atoms with van der Waals surface area (Å²) in [6.45, 7) is 14.3. The molecule has 1 aromatic rings. The Hall–Kier alpha value is -3.10. The van der Waals surface area contributed by atoms with E-state index in [2.05, 4.69) is 10.6 Å². The number of esters is 1. The van der Waals surface area contributed by atoms with Crippen LogP contribution in [0.4, 0.5) is 4.79 Å². The lowest BCUT2D eigenvalue weighted by molar-refractivity contribution is -0.145. The lowest BCUT2D eigenvalue weighted by Gasteiger charge is -2.36. The Balaban J connectivity index is 3.17. The molecule has 190 valence electrons. The molecule has 0 radical (unpaired) electrons. The van der Waals surface area contributed by atoms with Gasteiger partial charge in [0.15, 0.2) is 0 Å². The van der Waals surface area contributed by atoms with Crippen LogP contribution in [-0.2, 0) is 23.9 Å². The Morgan fingerprint density at radius 2 is 1.62 bits per heavy atom. The van der Waals surface area contributed by atoms with Crippen LogP contribution >= 0.6 is 0 Å². The number of nitrogens with one attached hydrogen (secondary N) is 2. The molecule has 0 aromatic heterocycles. The predicted octanol–water partition coefficient (Wildman–Crippen LogP) is 3.26. The van der Waals surface area contributed by atoms with E-state index in [9.17, 15) is 19.2 Å². The topological polar surface area (TPSA) is 114 Å². The van der Waals surface area contributed by atoms with Gasteiger partial charge in [0, 0.05) is 12.6 Å². The van der Waals surface area contributed by atoms with Gasteiger partial charge in [-0.05, 0) is 61.0 Å². The normalized spacial score (nSPS) is 13.0. The van der Waals surface area contributed by atoms with E-state index in [1.807, 2.05) is 19.1 Å². The number of carbonyl (C=O) groups excluding carboxylic acids is 4. The van der Waals surface area contributed by atoms with Crippen molar-refractivity contribution in [2.24, 2.45) is 0 Å². The first-order valence-corrected chi connectivity index (χ1v) is 11.6. The molecule has 9 nitrogen and oxygen atoms in total. The summed E-state index contributed by atoms with van der Waals surface area (Å²) in [6, 6.07) is 5.05. The fraction of sp³-hybridized carbons (Fsp3) is 0.600. The minimum absolute atomic E-state index is 0.0203. The van der Waals surface area contributed by atoms with Gasteiger partial charge in [-0.25, -0.2) is 4.79 Å². The molecule has 9 heteroatoms. The molecular weight excluding hydrogens is 438 g/mol. The molecule has 1 aromatic carbocycles. The van der Waals surface area contributed by atoms with Gasteiger partial charge in [-0.1, -0.05) is 29.8 Å². The number of aryl methyl sites for hydroxylation is 1. The number of hydrogen-bond donors (Lipinski definition) is 2. The first kappa shape index (κ1) is 28.9. The molecule has 0 aliphatic heterocycles. The number of benzene rings is 1. The van der Waals surface area contributed by atoms with Crippen molar-refractivity contribution >= 4 is 23.9 Å². The molecule has 0 aliphatic carbocycles. The number of alkyl carbamates (subject to hydrolysis) is 1. The van der Waals surface area contributed by atoms with Crippen molar-refractivity contribution in [2.75, 3.05) is 13.2 Å². The van der Waals surface area contributed by atoms with Crippen molar-refractivity contribution in [3.05, 3.63) is 35.4 Å². The fourth-order valence-corrected chi connectivity index (χ4v) is 3.25. The summed E-state index contributed by atoms with van der Waals surface area (Å²) in [4.78, 5) is 52.0. The van der Waals surface area contributed by atoms with E-state index in [4.69, 9.17) is 9.47 Å². The summed E-state index contributed by atoms with van der Waals surface area (Å²) in [5.41, 5.74) is 0.909. The highest BCUT2D eigenvalue weighted by Crippen LogP contribution is 2.25. The average Bonchev–Trinajstić information content (AvgIpc) is 2.70. The van der Waals surface area contributed by atoms with Gasteiger partial charge in [0.05, 0.1) is 13.0 Å². The zero-order chi connectivity index (χ0) is 26.1. The minimum atomic E-state index is -0.960. The molecule has 2 N–H and O–H groups in total. The van der Waals surface area contributed by atoms with Crippen LogP contribution in [-0.4, -0.2) is 59.6 Å². The second-order valence-corrected chi connectivity index (χ2v) is 9.37. The number of ether oxygens (including phenoxy) is 2. The highest BCUT2D eigenvalue weighted by Gasteiger charge is 2.36. The molecule has 2 unspecified atom stereocenters. The van der Waals surface area contributed by atoms with E-state index in [1.165, 1.54) is 4.90 Å². The average molecular weight is 478 g/mol. The summed E-state index contributed by atoms with van der Waals surface area (Å²) in [6.07, 6.45) is -0.699. The number of hydrogen-bond acceptors (Lipinski definition) is 6. The fourth-order valence-electron chi connectivity index (χ4n) is 3.25. The van der Waals surface area contributed by atoms with E-state index < -0.39 is 41.6 Å². The maximum absolute atomic E-state index is 13.4. The highest BCUT2D eigenvalue weighted by atomic mass is 16.6. The molecule has 0 saturated heterocycles. The van der Waals surface area contributed by atoms with Gasteiger partial charge in [0.2, 0.25) is 11.8 Å². The third kappa shape index (κ3) is 9.41. The lowest BCUT2D eigenvalue weighted by atomic mass is 10.00. The molecule has 2 atom stereocenters. The van der Waals surface area contributed by atoms with Crippen LogP contribution < -0.4 is 10.6 Å². The Morgan fingerprint density at radius 3 is 2.12 bits per heavy atom. The van der Waals surface area contributed by atoms with Crippen molar-refractivity contribution in [1.29, 1.82) is 0 Å². The Morgan fingerprint density at radius 1 is 1.03 bits per heavy atom. The van der Waals surface area contributed by atoms with Crippen LogP contribution in [0, 0.1) is 6.92 Å². The maximum Gasteiger partial charge on any atom is 0.408 e. The maximum atomic E-state index is 13.4. The number of carbonyl (C=O) groups is 4. The molecule has 1 rings (SSSR count). The van der Waals surface area contributed by atoms with E-state index in [0.29, 0.717) is 5.56 Å². The second-order valence-electron chi connectivity index (χ2n) is 9.37. The molecule has 0 spiro atoms. The minimum Gasteiger partial charge on any atom is -0.466 e. The predicted molar refractivity (Wildman–Crippen MR) is 129 cm³/mol. The molecular formula is C25H39N3O6. The largest absolute Gasteiger partial charge is 0.466 e. The van der Waals surface area contributed by atoms with E-state index in [1.54, 1.807) is 60.6 Å². The molecule has 34 heavy (non-hydrogen) atoms. The van der Waals surface area contributed by atoms with Gasteiger partial charge in [-0.15, -0.1) is 0 Å². The summed E-state index contributed by atoms with van der Waals surface area (Å²) in [7, 11) is 0. The third-order valence-electron chi connectivity index (χ3n) is 4.77. The molecule has 0 bridgehead atoms. The number of rotatable bonds is 10. The molecule has 3 amide bonds. The van der Waals surface area contributed by atoms with Gasteiger partial charge in [0.25, 0.3) is 0 Å². The second kappa shape index (κ2) is 13.0. The Kier molecular flexibility index (Phi) is 11.0. The van der Waals surface area contributed by atoms with E-state index >= 15 is 0 Å². The third-order valence-corrected chi connectivity index (χ3v) is 4.77. The summed E-state index contributed by atoms with van der Waals surface area (Å²) >= 11 is 0. The van der Waals surface area contributed by atoms with Crippen molar-refractivity contribution < 1.29 is 28.7 Å². The first-order chi connectivity index (χ1) is 15.8. The van der Waals surface area contributed by atoms with Gasteiger partial charge in [0.1, 0.15) is 17.7 Å². The van der Waals surface area contributed by atoms with Crippen molar-refractivity contribution in [1.82, 2.24) is 15.5 Å². The van der Waals surface area contributed by atoms with Crippen LogP contribution in [0.5, 0.6) is 0 Å². The highest BCUT2D eigenvalue weighted by molar-refractivity contribution is 5.92. The van der Waals surface area contributed by atoms with Gasteiger partial charge in [-0.2, -0.15) is 0 Å². The van der Waals surface area contributed by atoms with Crippen LogP contribution in [0.1, 0.15) is 72.1 Å². The standard InChI is InChI=1S/C25H39N3O6/c1-9-33-20(29)14-15-26-22(30)21(19-12-10-17(4)11-13-19)28(16(2)3)23(31)18(5)27-24(32)34-25(6,7)8/h10-13,16,18,21H,9,14-15H2,1-8H3,(H,26,30)(H,27,32). The van der Waals surface area contributed by atoms with Crippen LogP contribution in [0.15, 0.2) is 24.3 Å². The van der Waals surface area contributed by atoms with E-state index in [-0.39, 0.29) is 25.6 Å². The van der Waals surface area contributed by atoms with Crippen molar-refractivity contribution in [2.45, 2.75) is 85.5 Å². The zero-order valence-corrected chi connectivity index (χ0v) is 21.6. The Labute approximate surface area is 202 Å². The van der Waals surface area contributed by atoms with Gasteiger partial charge >= 0.3 is 12.1 Å². The van der Waals surface area contributed by atoms with Crippen LogP contribution in [0.2, 0.25) is 0 Å². The van der Waals surface area contributed by atoms with Gasteiger partial charge in [-0.3, -0.25) is 14.4 Å². The lowest BCUT2D eigenvalue weighted by Crippen LogP contribution is -2.54. The van der Waals surface area contributed by atoms with Crippen LogP contribution in [0.25, 0.3) is 0 Å². The summed E-state index contributed by atoms with van der Waals surface area (Å²) < 4.78 is 10.2. The first-order valence-electron chi connectivity index (χ1n) is 11.6. The zero-order valence-electron chi connectivity index (χ0n) is 21.6. The molecule has 0 aliphatic rings. The quantitative estimate of drug-likeness (QED) is 0.500. The van der Waals surface area contributed by atoms with Crippen molar-refractivity contribution in [3.8, 4) is 0 Å². The smallest absolute Gasteiger partial charge is 0.408 e. The summed E-state index contributed by atoms with van der Waals surface area (Å²) in [5, 5.41) is 5.29. The van der Waals surface area contributed by atoms with Crippen molar-refractivity contribution in [3.63, 3.8) is 0 Å². The van der Waals surface area contributed by atoms with Crippen LogP contribution in [0.3, 0.4) is 0 Å². The SMILES string of the molecule is CCOC(=O)CCNC(=O)C(c1ccc(C)cc1)N(C(=O)C(C)NC(=O)OC(C)(C)C)C(C)C. The number of amides is 3. The molecule has 0 heterocycles. The molecule has 0 saturated carbocycles. The van der Waals surface area contributed by atoms with E-state index in [0.717, 1.165) is 5.56 Å². The Bertz CT molecular complexity index is 845. The summed E-state index contributed by atoms with van der Waals surface area (Å²) in [5.74, 6) is -1.28. The monoisotopic (exact) mass is 477 g/mol. The molecule has 0 fully saturated rings. The van der Waals surface area contributed by atoms with Gasteiger partial charge < -0.3 is 25.0 Å².